The second kappa shape index (κ2) is 7.53. The molecule has 1 aromatic carbocycles. The number of aryl methyl sites for hydroxylation is 2. The van der Waals surface area contributed by atoms with Crippen LogP contribution in [0.3, 0.4) is 0 Å². The minimum Gasteiger partial charge on any atom is -0.441 e. The van der Waals surface area contributed by atoms with Crippen LogP contribution in [0.5, 0.6) is 0 Å². The summed E-state index contributed by atoms with van der Waals surface area (Å²) in [5.41, 5.74) is 0.187. The Morgan fingerprint density at radius 3 is 2.68 bits per heavy atom. The van der Waals surface area contributed by atoms with Crippen LogP contribution in [0.1, 0.15) is 49.7 Å². The summed E-state index contributed by atoms with van der Waals surface area (Å²) >= 11 is 0. The molecule has 1 N–H and O–H groups in total. The number of carbonyl (C=O) groups excluding carboxylic acids is 1. The largest absolute Gasteiger partial charge is 0.441 e. The molecule has 2 aromatic heterocycles. The lowest BCUT2D eigenvalue weighted by molar-refractivity contribution is -0.123. The first-order valence-corrected chi connectivity index (χ1v) is 9.36. The molecule has 0 radical (unpaired) electrons. The van der Waals surface area contributed by atoms with Crippen molar-refractivity contribution in [2.24, 2.45) is 0 Å². The molecule has 0 spiro atoms. The lowest BCUT2D eigenvalue weighted by atomic mass is 9.96. The van der Waals surface area contributed by atoms with E-state index in [9.17, 15) is 9.18 Å². The van der Waals surface area contributed by atoms with E-state index in [0.717, 1.165) is 31.2 Å². The van der Waals surface area contributed by atoms with Crippen molar-refractivity contribution in [2.45, 2.75) is 51.0 Å². The molecule has 4 rings (SSSR count). The molecule has 1 fully saturated rings. The molecule has 8 heteroatoms. The second-order valence-electron chi connectivity index (χ2n) is 7.10. The van der Waals surface area contributed by atoms with Crippen molar-refractivity contribution in [3.05, 3.63) is 53.9 Å². The zero-order valence-corrected chi connectivity index (χ0v) is 15.6. The maximum Gasteiger partial charge on any atom is 0.223 e. The number of oxazole rings is 1. The number of halogens is 1. The van der Waals surface area contributed by atoms with Crippen molar-refractivity contribution >= 4 is 5.91 Å². The van der Waals surface area contributed by atoms with E-state index >= 15 is 0 Å². The van der Waals surface area contributed by atoms with Gasteiger partial charge in [0.05, 0.1) is 6.20 Å². The Kier molecular flexibility index (Phi) is 4.93. The summed E-state index contributed by atoms with van der Waals surface area (Å²) in [4.78, 5) is 21.1. The molecule has 0 aliphatic heterocycles. The van der Waals surface area contributed by atoms with Gasteiger partial charge in [-0.15, -0.1) is 0 Å². The molecule has 146 valence electrons. The van der Waals surface area contributed by atoms with Gasteiger partial charge in [0, 0.05) is 25.3 Å². The molecular weight excluding hydrogens is 363 g/mol. The SMILES string of the molecule is Cc1nc(C2(NC(=O)CCc3ncc(-c4ccc(F)cc4)o3)CCCC2)no1. The van der Waals surface area contributed by atoms with Gasteiger partial charge in [-0.25, -0.2) is 9.37 Å². The van der Waals surface area contributed by atoms with Crippen LogP contribution in [0.25, 0.3) is 11.3 Å². The minimum atomic E-state index is -0.551. The first kappa shape index (κ1) is 18.3. The number of carbonyl (C=O) groups is 1. The fourth-order valence-corrected chi connectivity index (χ4v) is 3.60. The Hall–Kier alpha value is -3.03. The highest BCUT2D eigenvalue weighted by Gasteiger charge is 2.41. The van der Waals surface area contributed by atoms with Gasteiger partial charge in [-0.3, -0.25) is 4.79 Å². The molecule has 28 heavy (non-hydrogen) atoms. The highest BCUT2D eigenvalue weighted by Crippen LogP contribution is 2.37. The first-order valence-electron chi connectivity index (χ1n) is 9.36. The van der Waals surface area contributed by atoms with Gasteiger partial charge in [0.15, 0.2) is 17.5 Å². The fourth-order valence-electron chi connectivity index (χ4n) is 3.60. The molecule has 7 nitrogen and oxygen atoms in total. The van der Waals surface area contributed by atoms with E-state index in [4.69, 9.17) is 8.94 Å². The van der Waals surface area contributed by atoms with E-state index < -0.39 is 5.54 Å². The quantitative estimate of drug-likeness (QED) is 0.697. The summed E-state index contributed by atoms with van der Waals surface area (Å²) in [5, 5.41) is 7.13. The standard InChI is InChI=1S/C20H21FN4O3/c1-13-23-19(25-28-13)20(10-2-3-11-20)24-17(26)8-9-18-22-12-16(27-18)14-4-6-15(21)7-5-14/h4-7,12H,2-3,8-11H2,1H3,(H,24,26). The third-order valence-corrected chi connectivity index (χ3v) is 5.04. The summed E-state index contributed by atoms with van der Waals surface area (Å²) in [6.45, 7) is 1.74. The maximum absolute atomic E-state index is 13.0. The first-order chi connectivity index (χ1) is 13.5. The molecule has 0 unspecified atom stereocenters. The Balaban J connectivity index is 1.38. The molecule has 3 aromatic rings. The number of benzene rings is 1. The Labute approximate surface area is 161 Å². The Morgan fingerprint density at radius 2 is 2.00 bits per heavy atom. The smallest absolute Gasteiger partial charge is 0.223 e. The number of amides is 1. The normalized spacial score (nSPS) is 15.6. The summed E-state index contributed by atoms with van der Waals surface area (Å²) in [7, 11) is 0. The number of rotatable bonds is 6. The summed E-state index contributed by atoms with van der Waals surface area (Å²) in [6.07, 6.45) is 5.80. The molecule has 1 aliphatic carbocycles. The molecule has 0 saturated heterocycles. The number of aromatic nitrogens is 3. The molecule has 1 aliphatic rings. The van der Waals surface area contributed by atoms with Gasteiger partial charge < -0.3 is 14.3 Å². The van der Waals surface area contributed by atoms with Crippen molar-refractivity contribution < 1.29 is 18.1 Å². The minimum absolute atomic E-state index is 0.106. The topological polar surface area (TPSA) is 94.1 Å². The predicted molar refractivity (Wildman–Crippen MR) is 97.5 cm³/mol. The lowest BCUT2D eigenvalue weighted by Gasteiger charge is -2.26. The van der Waals surface area contributed by atoms with Crippen LogP contribution >= 0.6 is 0 Å². The van der Waals surface area contributed by atoms with Gasteiger partial charge in [0.1, 0.15) is 11.4 Å². The zero-order valence-electron chi connectivity index (χ0n) is 15.6. The van der Waals surface area contributed by atoms with Crippen LogP contribution < -0.4 is 5.32 Å². The van der Waals surface area contributed by atoms with Gasteiger partial charge in [-0.05, 0) is 37.1 Å². The van der Waals surface area contributed by atoms with Crippen molar-refractivity contribution in [3.8, 4) is 11.3 Å². The highest BCUT2D eigenvalue weighted by atomic mass is 19.1. The van der Waals surface area contributed by atoms with Crippen LogP contribution in [-0.2, 0) is 16.8 Å². The van der Waals surface area contributed by atoms with Gasteiger partial charge in [-0.2, -0.15) is 4.98 Å². The Bertz CT molecular complexity index is 958. The van der Waals surface area contributed by atoms with Gasteiger partial charge in [-0.1, -0.05) is 18.0 Å². The lowest BCUT2D eigenvalue weighted by Crippen LogP contribution is -2.44. The molecule has 0 atom stereocenters. The molecule has 2 heterocycles. The van der Waals surface area contributed by atoms with Gasteiger partial charge in [0.2, 0.25) is 11.8 Å². The van der Waals surface area contributed by atoms with Crippen molar-refractivity contribution in [2.75, 3.05) is 0 Å². The summed E-state index contributed by atoms with van der Waals surface area (Å²) in [6, 6.07) is 5.99. The number of hydrogen-bond acceptors (Lipinski definition) is 6. The number of hydrogen-bond donors (Lipinski definition) is 1. The third-order valence-electron chi connectivity index (χ3n) is 5.04. The van der Waals surface area contributed by atoms with E-state index in [1.165, 1.54) is 12.1 Å². The van der Waals surface area contributed by atoms with E-state index in [1.54, 1.807) is 25.3 Å². The van der Waals surface area contributed by atoms with Gasteiger partial charge >= 0.3 is 0 Å². The zero-order chi connectivity index (χ0) is 19.6. The van der Waals surface area contributed by atoms with E-state index in [-0.39, 0.29) is 18.1 Å². The average Bonchev–Trinajstić information content (AvgIpc) is 3.42. The van der Waals surface area contributed by atoms with Gasteiger partial charge in [0.25, 0.3) is 0 Å². The predicted octanol–water partition coefficient (Wildman–Crippen LogP) is 3.69. The van der Waals surface area contributed by atoms with Crippen molar-refractivity contribution in [1.29, 1.82) is 0 Å². The average molecular weight is 384 g/mol. The number of nitrogens with one attached hydrogen (secondary N) is 1. The molecule has 0 bridgehead atoms. The molecule has 1 amide bonds. The van der Waals surface area contributed by atoms with Crippen molar-refractivity contribution in [1.82, 2.24) is 20.4 Å². The van der Waals surface area contributed by atoms with Crippen LogP contribution in [0.15, 0.2) is 39.4 Å². The van der Waals surface area contributed by atoms with Crippen LogP contribution in [0.2, 0.25) is 0 Å². The summed E-state index contributed by atoms with van der Waals surface area (Å²) in [5.74, 6) is 1.63. The second-order valence-corrected chi connectivity index (χ2v) is 7.10. The van der Waals surface area contributed by atoms with Crippen molar-refractivity contribution in [3.63, 3.8) is 0 Å². The fraction of sp³-hybridized carbons (Fsp3) is 0.400. The third kappa shape index (κ3) is 3.81. The monoisotopic (exact) mass is 384 g/mol. The molecular formula is C20H21FN4O3. The van der Waals surface area contributed by atoms with E-state index in [2.05, 4.69) is 20.4 Å². The summed E-state index contributed by atoms with van der Waals surface area (Å²) < 4.78 is 23.8. The maximum atomic E-state index is 13.0. The number of nitrogens with zero attached hydrogens (tertiary/aromatic N) is 3. The van der Waals surface area contributed by atoms with Crippen LogP contribution in [0.4, 0.5) is 4.39 Å². The highest BCUT2D eigenvalue weighted by molar-refractivity contribution is 5.77. The Morgan fingerprint density at radius 1 is 1.25 bits per heavy atom. The molecule has 1 saturated carbocycles. The van der Waals surface area contributed by atoms with Crippen LogP contribution in [0, 0.1) is 12.7 Å². The van der Waals surface area contributed by atoms with E-state index in [1.807, 2.05) is 0 Å². The van der Waals surface area contributed by atoms with Crippen LogP contribution in [-0.4, -0.2) is 21.0 Å². The van der Waals surface area contributed by atoms with E-state index in [0.29, 0.717) is 29.8 Å².